The maximum atomic E-state index is 8.85. The Morgan fingerprint density at radius 2 is 2.43 bits per heavy atom. The van der Waals surface area contributed by atoms with Crippen LogP contribution in [0.2, 0.25) is 0 Å². The van der Waals surface area contributed by atoms with Crippen LogP contribution in [0.25, 0.3) is 0 Å². The average Bonchev–Trinajstić information content (AvgIpc) is 2.65. The summed E-state index contributed by atoms with van der Waals surface area (Å²) in [6.45, 7) is 5.22. The second-order valence-electron chi connectivity index (χ2n) is 3.29. The fourth-order valence-electron chi connectivity index (χ4n) is 1.07. The molecule has 0 saturated heterocycles. The highest BCUT2D eigenvalue weighted by Crippen LogP contribution is 2.13. The van der Waals surface area contributed by atoms with Gasteiger partial charge in [0.2, 0.25) is 0 Å². The number of aliphatic hydroxyl groups is 1. The number of aliphatic hydroxyl groups excluding tert-OH is 1. The summed E-state index contributed by atoms with van der Waals surface area (Å²) < 4.78 is 1.90. The van der Waals surface area contributed by atoms with Gasteiger partial charge in [-0.2, -0.15) is 16.9 Å². The molecule has 0 fully saturated rings. The summed E-state index contributed by atoms with van der Waals surface area (Å²) in [5.41, 5.74) is 0. The average molecular weight is 215 g/mol. The number of nitrogens with zero attached hydrogens (tertiary/aromatic N) is 3. The fraction of sp³-hybridized carbons (Fsp3) is 0.778. The van der Waals surface area contributed by atoms with Crippen LogP contribution in [-0.2, 0) is 12.3 Å². The standard InChI is InChI=1S/C9H17N3OS/c1-3-12-9(10-7-11-12)6-14-5-8(2)4-13/h7-8,13H,3-6H2,1-2H3. The molecule has 80 valence electrons. The summed E-state index contributed by atoms with van der Waals surface area (Å²) in [4.78, 5) is 4.18. The van der Waals surface area contributed by atoms with Crippen molar-refractivity contribution in [1.29, 1.82) is 0 Å². The highest BCUT2D eigenvalue weighted by molar-refractivity contribution is 7.98. The molecule has 0 aromatic carbocycles. The minimum atomic E-state index is 0.257. The van der Waals surface area contributed by atoms with Crippen LogP contribution in [0.15, 0.2) is 6.33 Å². The Kier molecular flexibility index (Phi) is 4.97. The second kappa shape index (κ2) is 6.03. The summed E-state index contributed by atoms with van der Waals surface area (Å²) in [6.07, 6.45) is 1.59. The van der Waals surface area contributed by atoms with E-state index in [1.165, 1.54) is 0 Å². The molecular weight excluding hydrogens is 198 g/mol. The van der Waals surface area contributed by atoms with Gasteiger partial charge in [-0.3, -0.25) is 0 Å². The molecule has 5 heteroatoms. The van der Waals surface area contributed by atoms with E-state index in [0.29, 0.717) is 5.92 Å². The zero-order valence-corrected chi connectivity index (χ0v) is 9.50. The number of thioether (sulfide) groups is 1. The minimum Gasteiger partial charge on any atom is -0.396 e. The lowest BCUT2D eigenvalue weighted by Gasteiger charge is -2.06. The lowest BCUT2D eigenvalue weighted by atomic mass is 10.2. The molecule has 1 aromatic heterocycles. The van der Waals surface area contributed by atoms with Crippen molar-refractivity contribution >= 4 is 11.8 Å². The van der Waals surface area contributed by atoms with Crippen molar-refractivity contribution in [2.45, 2.75) is 26.1 Å². The smallest absolute Gasteiger partial charge is 0.138 e. The van der Waals surface area contributed by atoms with Crippen molar-refractivity contribution in [2.75, 3.05) is 12.4 Å². The number of hydrogen-bond acceptors (Lipinski definition) is 4. The van der Waals surface area contributed by atoms with Crippen molar-refractivity contribution in [3.05, 3.63) is 12.2 Å². The lowest BCUT2D eigenvalue weighted by Crippen LogP contribution is -2.06. The summed E-state index contributed by atoms with van der Waals surface area (Å²) in [6, 6.07) is 0. The SMILES string of the molecule is CCn1ncnc1CSCC(C)CO. The highest BCUT2D eigenvalue weighted by atomic mass is 32.2. The quantitative estimate of drug-likeness (QED) is 0.773. The van der Waals surface area contributed by atoms with Crippen LogP contribution in [-0.4, -0.2) is 32.2 Å². The first-order chi connectivity index (χ1) is 6.77. The van der Waals surface area contributed by atoms with Crippen molar-refractivity contribution in [1.82, 2.24) is 14.8 Å². The first-order valence-corrected chi connectivity index (χ1v) is 5.98. The van der Waals surface area contributed by atoms with Crippen molar-refractivity contribution in [3.8, 4) is 0 Å². The first kappa shape index (κ1) is 11.5. The van der Waals surface area contributed by atoms with E-state index >= 15 is 0 Å². The van der Waals surface area contributed by atoms with Gasteiger partial charge >= 0.3 is 0 Å². The molecule has 1 atom stereocenters. The van der Waals surface area contributed by atoms with Crippen LogP contribution in [0.3, 0.4) is 0 Å². The number of aryl methyl sites for hydroxylation is 1. The maximum absolute atomic E-state index is 8.85. The van der Waals surface area contributed by atoms with Gasteiger partial charge in [0.05, 0.1) is 5.75 Å². The van der Waals surface area contributed by atoms with Gasteiger partial charge in [-0.15, -0.1) is 0 Å². The highest BCUT2D eigenvalue weighted by Gasteiger charge is 2.04. The number of hydrogen-bond donors (Lipinski definition) is 1. The van der Waals surface area contributed by atoms with Crippen LogP contribution >= 0.6 is 11.8 Å². The third kappa shape index (κ3) is 3.31. The molecule has 0 spiro atoms. The van der Waals surface area contributed by atoms with Crippen LogP contribution in [0, 0.1) is 5.92 Å². The van der Waals surface area contributed by atoms with Gasteiger partial charge < -0.3 is 5.11 Å². The zero-order valence-electron chi connectivity index (χ0n) is 8.68. The van der Waals surface area contributed by atoms with Crippen LogP contribution in [0.5, 0.6) is 0 Å². The molecule has 0 aliphatic heterocycles. The Bertz CT molecular complexity index is 264. The van der Waals surface area contributed by atoms with Crippen molar-refractivity contribution in [3.63, 3.8) is 0 Å². The fourth-order valence-corrected chi connectivity index (χ4v) is 2.10. The van der Waals surface area contributed by atoms with Crippen LogP contribution in [0.1, 0.15) is 19.7 Å². The van der Waals surface area contributed by atoms with Gasteiger partial charge in [0.15, 0.2) is 0 Å². The Morgan fingerprint density at radius 1 is 1.64 bits per heavy atom. The number of aromatic nitrogens is 3. The van der Waals surface area contributed by atoms with Gasteiger partial charge in [0.25, 0.3) is 0 Å². The van der Waals surface area contributed by atoms with Gasteiger partial charge in [-0.05, 0) is 18.6 Å². The van der Waals surface area contributed by atoms with Crippen LogP contribution < -0.4 is 0 Å². The van der Waals surface area contributed by atoms with Gasteiger partial charge in [-0.1, -0.05) is 6.92 Å². The monoisotopic (exact) mass is 215 g/mol. The predicted molar refractivity (Wildman–Crippen MR) is 58.1 cm³/mol. The van der Waals surface area contributed by atoms with E-state index in [0.717, 1.165) is 23.9 Å². The van der Waals surface area contributed by atoms with E-state index in [4.69, 9.17) is 5.11 Å². The molecule has 1 aromatic rings. The number of rotatable bonds is 6. The second-order valence-corrected chi connectivity index (χ2v) is 4.33. The summed E-state index contributed by atoms with van der Waals surface area (Å²) >= 11 is 1.79. The largest absolute Gasteiger partial charge is 0.396 e. The van der Waals surface area contributed by atoms with Crippen molar-refractivity contribution in [2.24, 2.45) is 5.92 Å². The zero-order chi connectivity index (χ0) is 10.4. The predicted octanol–water partition coefficient (Wildman–Crippen LogP) is 1.16. The van der Waals surface area contributed by atoms with E-state index in [1.54, 1.807) is 18.1 Å². The Balaban J connectivity index is 2.31. The Labute approximate surface area is 88.7 Å². The molecule has 1 rings (SSSR count). The maximum Gasteiger partial charge on any atom is 0.138 e. The van der Waals surface area contributed by atoms with Gasteiger partial charge in [-0.25, -0.2) is 9.67 Å². The van der Waals surface area contributed by atoms with Crippen LogP contribution in [0.4, 0.5) is 0 Å². The molecule has 1 heterocycles. The van der Waals surface area contributed by atoms with Gasteiger partial charge in [0.1, 0.15) is 12.2 Å². The molecule has 0 aliphatic carbocycles. The van der Waals surface area contributed by atoms with Crippen molar-refractivity contribution < 1.29 is 5.11 Å². The lowest BCUT2D eigenvalue weighted by molar-refractivity contribution is 0.250. The summed E-state index contributed by atoms with van der Waals surface area (Å²) in [5.74, 6) is 3.21. The van der Waals surface area contributed by atoms with E-state index in [9.17, 15) is 0 Å². The molecule has 0 saturated carbocycles. The summed E-state index contributed by atoms with van der Waals surface area (Å²) in [5, 5.41) is 12.9. The molecule has 14 heavy (non-hydrogen) atoms. The van der Waals surface area contributed by atoms with E-state index < -0.39 is 0 Å². The van der Waals surface area contributed by atoms with E-state index in [1.807, 2.05) is 11.6 Å². The summed E-state index contributed by atoms with van der Waals surface area (Å²) in [7, 11) is 0. The molecular formula is C9H17N3OS. The third-order valence-corrected chi connectivity index (χ3v) is 3.21. The Hall–Kier alpha value is -0.550. The first-order valence-electron chi connectivity index (χ1n) is 4.83. The molecule has 4 nitrogen and oxygen atoms in total. The topological polar surface area (TPSA) is 50.9 Å². The van der Waals surface area contributed by atoms with E-state index in [-0.39, 0.29) is 6.61 Å². The molecule has 0 radical (unpaired) electrons. The molecule has 0 aliphatic rings. The minimum absolute atomic E-state index is 0.257. The Morgan fingerprint density at radius 3 is 3.07 bits per heavy atom. The molecule has 1 N–H and O–H groups in total. The molecule has 1 unspecified atom stereocenters. The third-order valence-electron chi connectivity index (χ3n) is 1.94. The normalized spacial score (nSPS) is 13.1. The van der Waals surface area contributed by atoms with Gasteiger partial charge in [0, 0.05) is 13.2 Å². The molecule has 0 amide bonds. The van der Waals surface area contributed by atoms with E-state index in [2.05, 4.69) is 17.0 Å². The molecule has 0 bridgehead atoms.